The Kier molecular flexibility index (Phi) is 10.5. The van der Waals surface area contributed by atoms with Gasteiger partial charge in [0.05, 0.1) is 6.10 Å². The lowest BCUT2D eigenvalue weighted by atomic mass is 9.86. The van der Waals surface area contributed by atoms with Gasteiger partial charge in [-0.3, -0.25) is 0 Å². The first-order valence-electron chi connectivity index (χ1n) is 10.7. The van der Waals surface area contributed by atoms with Crippen LogP contribution in [0.2, 0.25) is 0 Å². The summed E-state index contributed by atoms with van der Waals surface area (Å²) in [6.07, 6.45) is 12.2. The first kappa shape index (κ1) is 23.4. The zero-order valence-corrected chi connectivity index (χ0v) is 19.8. The van der Waals surface area contributed by atoms with Gasteiger partial charge in [0.25, 0.3) is 0 Å². The van der Waals surface area contributed by atoms with Gasteiger partial charge in [0.1, 0.15) is 12.4 Å². The van der Waals surface area contributed by atoms with Crippen LogP contribution in [-0.4, -0.2) is 46.5 Å². The molecule has 0 bridgehead atoms. The summed E-state index contributed by atoms with van der Waals surface area (Å²) < 4.78 is 7.71. The number of guanidine groups is 1. The van der Waals surface area contributed by atoms with Gasteiger partial charge in [-0.25, -0.2) is 4.99 Å². The lowest BCUT2D eigenvalue weighted by Crippen LogP contribution is -2.41. The average molecular weight is 504 g/mol. The molecule has 1 aromatic rings. The summed E-state index contributed by atoms with van der Waals surface area (Å²) in [5, 5.41) is 15.3. The Morgan fingerprint density at radius 1 is 1.14 bits per heavy atom. The van der Waals surface area contributed by atoms with Crippen LogP contribution in [0.15, 0.2) is 4.99 Å². The van der Waals surface area contributed by atoms with Crippen LogP contribution in [0.25, 0.3) is 0 Å². The van der Waals surface area contributed by atoms with E-state index in [4.69, 9.17) is 9.73 Å². The summed E-state index contributed by atoms with van der Waals surface area (Å²) in [6, 6.07) is 0. The lowest BCUT2D eigenvalue weighted by molar-refractivity contribution is 0.114. The monoisotopic (exact) mass is 504 g/mol. The number of nitrogens with one attached hydrogen (secondary N) is 2. The predicted molar refractivity (Wildman–Crippen MR) is 123 cm³/mol. The van der Waals surface area contributed by atoms with E-state index >= 15 is 0 Å². The van der Waals surface area contributed by atoms with Crippen molar-refractivity contribution in [3.63, 3.8) is 0 Å². The molecule has 1 aliphatic carbocycles. The van der Waals surface area contributed by atoms with E-state index < -0.39 is 0 Å². The number of nitrogens with zero attached hydrogens (tertiary/aromatic N) is 4. The zero-order chi connectivity index (χ0) is 18.9. The maximum Gasteiger partial charge on any atom is 0.191 e. The first-order chi connectivity index (χ1) is 13.2. The highest BCUT2D eigenvalue weighted by molar-refractivity contribution is 14.0. The predicted octanol–water partition coefficient (Wildman–Crippen LogP) is 3.32. The summed E-state index contributed by atoms with van der Waals surface area (Å²) in [7, 11) is 1.98. The fourth-order valence-electron chi connectivity index (χ4n) is 4.00. The molecule has 2 fully saturated rings. The molecule has 0 spiro atoms. The Morgan fingerprint density at radius 2 is 1.96 bits per heavy atom. The molecule has 0 amide bonds. The molecule has 2 heterocycles. The number of halogens is 1. The van der Waals surface area contributed by atoms with Crippen LogP contribution < -0.4 is 10.6 Å². The second kappa shape index (κ2) is 12.6. The molecule has 8 heteroatoms. The summed E-state index contributed by atoms with van der Waals surface area (Å²) in [6.45, 7) is 5.14. The fourth-order valence-corrected chi connectivity index (χ4v) is 4.00. The van der Waals surface area contributed by atoms with Crippen LogP contribution in [0.5, 0.6) is 0 Å². The molecule has 28 heavy (non-hydrogen) atoms. The third-order valence-electron chi connectivity index (χ3n) is 5.89. The molecular formula is C20H37IN6O. The Hall–Kier alpha value is -0.900. The maximum absolute atomic E-state index is 5.72. The number of rotatable bonds is 8. The quantitative estimate of drug-likeness (QED) is 0.246. The minimum absolute atomic E-state index is 0. The third-order valence-corrected chi connectivity index (χ3v) is 5.89. The van der Waals surface area contributed by atoms with Crippen molar-refractivity contribution in [3.8, 4) is 0 Å². The standard InChI is InChI=1S/C20H36N6O.HI/c1-16-24-25-19(26(16)2)15-23-20(22-14-18-11-7-13-27-18)21-12-6-10-17-8-4-3-5-9-17;/h17-18H,3-15H2,1-2H3,(H2,21,22,23);1H. The van der Waals surface area contributed by atoms with Gasteiger partial charge in [-0.2, -0.15) is 0 Å². The normalized spacial score (nSPS) is 20.8. The Bertz CT molecular complexity index is 594. The van der Waals surface area contributed by atoms with Gasteiger partial charge in [0.2, 0.25) is 0 Å². The summed E-state index contributed by atoms with van der Waals surface area (Å²) in [4.78, 5) is 4.73. The molecule has 2 N–H and O–H groups in total. The molecule has 1 aliphatic heterocycles. The number of ether oxygens (including phenoxy) is 1. The van der Waals surface area contributed by atoms with Crippen molar-refractivity contribution in [2.45, 2.75) is 77.4 Å². The van der Waals surface area contributed by atoms with Crippen LogP contribution >= 0.6 is 24.0 Å². The van der Waals surface area contributed by atoms with E-state index in [9.17, 15) is 0 Å². The topological polar surface area (TPSA) is 76.4 Å². The molecule has 0 aromatic carbocycles. The van der Waals surface area contributed by atoms with Crippen LogP contribution in [0, 0.1) is 12.8 Å². The molecule has 160 valence electrons. The third kappa shape index (κ3) is 7.50. The summed E-state index contributed by atoms with van der Waals surface area (Å²) in [5.74, 6) is 3.58. The first-order valence-corrected chi connectivity index (χ1v) is 10.7. The van der Waals surface area contributed by atoms with Gasteiger partial charge in [-0.05, 0) is 38.5 Å². The second-order valence-electron chi connectivity index (χ2n) is 7.98. The molecule has 1 saturated carbocycles. The smallest absolute Gasteiger partial charge is 0.191 e. The number of hydrogen-bond donors (Lipinski definition) is 2. The summed E-state index contributed by atoms with van der Waals surface area (Å²) in [5.41, 5.74) is 0. The van der Waals surface area contributed by atoms with E-state index in [1.54, 1.807) is 0 Å². The van der Waals surface area contributed by atoms with E-state index in [1.165, 1.54) is 44.9 Å². The van der Waals surface area contributed by atoms with Crippen molar-refractivity contribution >= 4 is 29.9 Å². The van der Waals surface area contributed by atoms with E-state index in [0.29, 0.717) is 12.6 Å². The fraction of sp³-hybridized carbons (Fsp3) is 0.850. The second-order valence-corrected chi connectivity index (χ2v) is 7.98. The van der Waals surface area contributed by atoms with Gasteiger partial charge < -0.3 is 19.9 Å². The Labute approximate surface area is 186 Å². The van der Waals surface area contributed by atoms with Gasteiger partial charge in [0, 0.05) is 26.7 Å². The van der Waals surface area contributed by atoms with E-state index in [0.717, 1.165) is 56.1 Å². The largest absolute Gasteiger partial charge is 0.376 e. The summed E-state index contributed by atoms with van der Waals surface area (Å²) >= 11 is 0. The Balaban J connectivity index is 0.00000280. The molecule has 3 rings (SSSR count). The van der Waals surface area contributed by atoms with E-state index in [2.05, 4.69) is 20.8 Å². The van der Waals surface area contributed by atoms with Crippen molar-refractivity contribution in [1.82, 2.24) is 25.4 Å². The lowest BCUT2D eigenvalue weighted by Gasteiger charge is -2.21. The van der Waals surface area contributed by atoms with E-state index in [-0.39, 0.29) is 24.0 Å². The molecule has 7 nitrogen and oxygen atoms in total. The molecule has 2 aliphatic rings. The van der Waals surface area contributed by atoms with Crippen LogP contribution in [0.3, 0.4) is 0 Å². The molecule has 1 aromatic heterocycles. The van der Waals surface area contributed by atoms with Crippen molar-refractivity contribution < 1.29 is 4.74 Å². The van der Waals surface area contributed by atoms with Gasteiger partial charge in [-0.1, -0.05) is 32.1 Å². The van der Waals surface area contributed by atoms with E-state index in [1.807, 2.05) is 18.5 Å². The number of aryl methyl sites for hydroxylation is 1. The highest BCUT2D eigenvalue weighted by Crippen LogP contribution is 2.26. The van der Waals surface area contributed by atoms with Crippen molar-refractivity contribution in [2.24, 2.45) is 18.0 Å². The minimum atomic E-state index is 0. The Morgan fingerprint density at radius 3 is 2.64 bits per heavy atom. The highest BCUT2D eigenvalue weighted by Gasteiger charge is 2.16. The molecule has 1 unspecified atom stereocenters. The number of aliphatic imine (C=N–C) groups is 1. The van der Waals surface area contributed by atoms with Gasteiger partial charge in [-0.15, -0.1) is 34.2 Å². The number of aromatic nitrogens is 3. The molecular weight excluding hydrogens is 467 g/mol. The molecule has 0 radical (unpaired) electrons. The van der Waals surface area contributed by atoms with Crippen molar-refractivity contribution in [2.75, 3.05) is 19.7 Å². The highest BCUT2D eigenvalue weighted by atomic mass is 127. The maximum atomic E-state index is 5.72. The molecule has 1 saturated heterocycles. The van der Waals surface area contributed by atoms with Gasteiger partial charge >= 0.3 is 0 Å². The van der Waals surface area contributed by atoms with Crippen LogP contribution in [0.1, 0.15) is 69.4 Å². The van der Waals surface area contributed by atoms with Crippen molar-refractivity contribution in [3.05, 3.63) is 11.6 Å². The van der Waals surface area contributed by atoms with Crippen molar-refractivity contribution in [1.29, 1.82) is 0 Å². The van der Waals surface area contributed by atoms with Crippen LogP contribution in [0.4, 0.5) is 0 Å². The molecule has 1 atom stereocenters. The van der Waals surface area contributed by atoms with Crippen LogP contribution in [-0.2, 0) is 18.3 Å². The minimum Gasteiger partial charge on any atom is -0.376 e. The van der Waals surface area contributed by atoms with Gasteiger partial charge in [0.15, 0.2) is 11.8 Å². The number of hydrogen-bond acceptors (Lipinski definition) is 4. The zero-order valence-electron chi connectivity index (χ0n) is 17.5. The average Bonchev–Trinajstić information content (AvgIpc) is 3.32. The SMILES string of the molecule is Cc1nnc(CN=C(NCCCC2CCCCC2)NCC2CCCO2)n1C.I.